The molecule has 140 valence electrons. The maximum Gasteiger partial charge on any atom is 0.326 e. The van der Waals surface area contributed by atoms with Gasteiger partial charge >= 0.3 is 6.03 Å². The van der Waals surface area contributed by atoms with Gasteiger partial charge in [0.15, 0.2) is 0 Å². The zero-order valence-corrected chi connectivity index (χ0v) is 15.0. The molecule has 0 radical (unpaired) electrons. The van der Waals surface area contributed by atoms with Gasteiger partial charge in [-0.15, -0.1) is 5.92 Å². The molecule has 1 atom stereocenters. The second-order valence-corrected chi connectivity index (χ2v) is 6.54. The topological polar surface area (TPSA) is 69.7 Å². The normalized spacial score (nSPS) is 20.3. The second-order valence-electron chi connectivity index (χ2n) is 6.54. The van der Waals surface area contributed by atoms with Crippen LogP contribution in [0.1, 0.15) is 18.1 Å². The van der Waals surface area contributed by atoms with E-state index in [4.69, 9.17) is 0 Å². The van der Waals surface area contributed by atoms with E-state index in [1.165, 1.54) is 17.0 Å². The van der Waals surface area contributed by atoms with E-state index in [0.717, 1.165) is 4.90 Å². The smallest absolute Gasteiger partial charge is 0.311 e. The number of fused-ring (bicyclic) bond motifs is 2. The molecule has 4 rings (SSSR count). The summed E-state index contributed by atoms with van der Waals surface area (Å²) in [5.74, 6) is 3.68. The summed E-state index contributed by atoms with van der Waals surface area (Å²) in [6, 6.07) is 12.0. The molecule has 6 nitrogen and oxygen atoms in total. The number of para-hydroxylation sites is 1. The third-order valence-corrected chi connectivity index (χ3v) is 4.91. The molecular formula is C21H16FN3O3. The minimum Gasteiger partial charge on any atom is -0.311 e. The molecule has 1 unspecified atom stereocenters. The predicted molar refractivity (Wildman–Crippen MR) is 99.4 cm³/mol. The van der Waals surface area contributed by atoms with Crippen LogP contribution in [-0.4, -0.2) is 29.3 Å². The van der Waals surface area contributed by atoms with Crippen molar-refractivity contribution < 1.29 is 18.8 Å². The number of anilines is 1. The fraction of sp³-hybridized carbons (Fsp3) is 0.190. The van der Waals surface area contributed by atoms with Gasteiger partial charge in [0.1, 0.15) is 5.82 Å². The van der Waals surface area contributed by atoms with E-state index >= 15 is 0 Å². The molecular weight excluding hydrogens is 361 g/mol. The molecule has 4 amide bonds. The molecule has 1 spiro atoms. The summed E-state index contributed by atoms with van der Waals surface area (Å²) in [6.45, 7) is 1.58. The summed E-state index contributed by atoms with van der Waals surface area (Å²) in [6.07, 6.45) is 0. The predicted octanol–water partition coefficient (Wildman–Crippen LogP) is 2.14. The maximum atomic E-state index is 13.6. The van der Waals surface area contributed by atoms with Crippen LogP contribution in [0.25, 0.3) is 0 Å². The average Bonchev–Trinajstić information content (AvgIpc) is 3.07. The first kappa shape index (κ1) is 17.7. The maximum absolute atomic E-state index is 13.6. The van der Waals surface area contributed by atoms with Gasteiger partial charge in [0.25, 0.3) is 11.8 Å². The number of nitrogens with one attached hydrogen (secondary N) is 1. The van der Waals surface area contributed by atoms with Crippen LogP contribution < -0.4 is 10.2 Å². The number of halogens is 1. The van der Waals surface area contributed by atoms with Crippen LogP contribution in [-0.2, 0) is 21.7 Å². The molecule has 1 fully saturated rings. The molecule has 0 bridgehead atoms. The number of amides is 4. The first-order chi connectivity index (χ1) is 13.5. The minimum atomic E-state index is -1.81. The van der Waals surface area contributed by atoms with Crippen molar-refractivity contribution >= 4 is 23.5 Å². The van der Waals surface area contributed by atoms with Crippen molar-refractivity contribution in [1.82, 2.24) is 10.2 Å². The van der Waals surface area contributed by atoms with Crippen molar-refractivity contribution in [2.24, 2.45) is 0 Å². The fourth-order valence-corrected chi connectivity index (χ4v) is 3.63. The molecule has 2 aromatic rings. The number of hydrogen-bond acceptors (Lipinski definition) is 3. The van der Waals surface area contributed by atoms with Crippen molar-refractivity contribution in [1.29, 1.82) is 0 Å². The van der Waals surface area contributed by atoms with E-state index < -0.39 is 29.2 Å². The average molecular weight is 377 g/mol. The van der Waals surface area contributed by atoms with E-state index in [1.807, 2.05) is 0 Å². The molecule has 28 heavy (non-hydrogen) atoms. The zero-order valence-electron chi connectivity index (χ0n) is 15.0. The van der Waals surface area contributed by atoms with Crippen LogP contribution in [0.15, 0.2) is 48.5 Å². The van der Waals surface area contributed by atoms with Crippen LogP contribution in [0, 0.1) is 17.7 Å². The van der Waals surface area contributed by atoms with Gasteiger partial charge in [-0.3, -0.25) is 9.59 Å². The number of carbonyl (C=O) groups is 3. The lowest BCUT2D eigenvalue weighted by molar-refractivity contribution is -0.138. The first-order valence-corrected chi connectivity index (χ1v) is 8.68. The Morgan fingerprint density at radius 3 is 2.54 bits per heavy atom. The molecule has 1 saturated heterocycles. The summed E-state index contributed by atoms with van der Waals surface area (Å²) in [4.78, 5) is 41.3. The van der Waals surface area contributed by atoms with E-state index in [9.17, 15) is 18.8 Å². The highest BCUT2D eigenvalue weighted by Crippen LogP contribution is 2.44. The summed E-state index contributed by atoms with van der Waals surface area (Å²) in [5.41, 5.74) is -0.322. The number of carbonyl (C=O) groups excluding carboxylic acids is 3. The van der Waals surface area contributed by atoms with Gasteiger partial charge in [-0.05, 0) is 30.7 Å². The summed E-state index contributed by atoms with van der Waals surface area (Å²) < 4.78 is 13.6. The molecule has 2 heterocycles. The SMILES string of the molecule is CC#CCN1C(=O)NC2(C1=O)C(=O)N(Cc1cccc(F)c1)c1ccccc12. The molecule has 0 saturated carbocycles. The monoisotopic (exact) mass is 377 g/mol. The van der Waals surface area contributed by atoms with Crippen molar-refractivity contribution in [3.05, 3.63) is 65.5 Å². The van der Waals surface area contributed by atoms with Gasteiger partial charge in [-0.2, -0.15) is 0 Å². The lowest BCUT2D eigenvalue weighted by atomic mass is 9.91. The quantitative estimate of drug-likeness (QED) is 0.506. The summed E-state index contributed by atoms with van der Waals surface area (Å²) in [5, 5.41) is 2.58. The molecule has 2 aromatic carbocycles. The summed E-state index contributed by atoms with van der Waals surface area (Å²) in [7, 11) is 0. The van der Waals surface area contributed by atoms with E-state index in [1.54, 1.807) is 43.3 Å². The fourth-order valence-electron chi connectivity index (χ4n) is 3.63. The van der Waals surface area contributed by atoms with Gasteiger partial charge in [0.2, 0.25) is 5.54 Å². The van der Waals surface area contributed by atoms with Crippen molar-refractivity contribution in [3.8, 4) is 11.8 Å². The Hall–Kier alpha value is -3.66. The van der Waals surface area contributed by atoms with E-state index in [0.29, 0.717) is 16.8 Å². The van der Waals surface area contributed by atoms with Gasteiger partial charge in [-0.25, -0.2) is 14.1 Å². The Bertz CT molecular complexity index is 1070. The number of hydrogen-bond donors (Lipinski definition) is 1. The van der Waals surface area contributed by atoms with Crippen LogP contribution >= 0.6 is 0 Å². The highest BCUT2D eigenvalue weighted by atomic mass is 19.1. The highest BCUT2D eigenvalue weighted by Gasteiger charge is 2.63. The van der Waals surface area contributed by atoms with Crippen LogP contribution in [0.3, 0.4) is 0 Å². The Balaban J connectivity index is 1.78. The molecule has 2 aliphatic rings. The summed E-state index contributed by atoms with van der Waals surface area (Å²) >= 11 is 0. The Kier molecular flexibility index (Phi) is 4.12. The van der Waals surface area contributed by atoms with Gasteiger partial charge in [0.05, 0.1) is 18.8 Å². The largest absolute Gasteiger partial charge is 0.326 e. The standard InChI is InChI=1S/C21H16FN3O3/c1-2-3-11-24-18(26)21(23-20(24)28)16-9-4-5-10-17(16)25(19(21)27)13-14-7-6-8-15(22)12-14/h4-10,12H,11,13H2,1H3,(H,23,28). The van der Waals surface area contributed by atoms with Crippen LogP contribution in [0.5, 0.6) is 0 Å². The molecule has 0 aromatic heterocycles. The minimum absolute atomic E-state index is 0.0767. The third kappa shape index (κ3) is 2.46. The van der Waals surface area contributed by atoms with Crippen molar-refractivity contribution in [2.45, 2.75) is 19.0 Å². The van der Waals surface area contributed by atoms with Gasteiger partial charge in [-0.1, -0.05) is 36.3 Å². The Morgan fingerprint density at radius 1 is 1.04 bits per heavy atom. The molecule has 7 heteroatoms. The zero-order chi connectivity index (χ0) is 19.9. The lowest BCUT2D eigenvalue weighted by Gasteiger charge is -2.22. The number of benzene rings is 2. The van der Waals surface area contributed by atoms with Crippen LogP contribution in [0.2, 0.25) is 0 Å². The van der Waals surface area contributed by atoms with Crippen molar-refractivity contribution in [2.75, 3.05) is 11.4 Å². The Morgan fingerprint density at radius 2 is 1.79 bits per heavy atom. The molecule has 2 aliphatic heterocycles. The third-order valence-electron chi connectivity index (χ3n) is 4.91. The molecule has 0 aliphatic carbocycles. The number of rotatable bonds is 3. The van der Waals surface area contributed by atoms with Gasteiger partial charge < -0.3 is 10.2 Å². The van der Waals surface area contributed by atoms with E-state index in [-0.39, 0.29) is 13.1 Å². The van der Waals surface area contributed by atoms with Crippen LogP contribution in [0.4, 0.5) is 14.9 Å². The lowest BCUT2D eigenvalue weighted by Crippen LogP contribution is -2.52. The van der Waals surface area contributed by atoms with Crippen molar-refractivity contribution in [3.63, 3.8) is 0 Å². The molecule has 1 N–H and O–H groups in total. The number of urea groups is 1. The second kappa shape index (κ2) is 6.50. The van der Waals surface area contributed by atoms with E-state index in [2.05, 4.69) is 17.2 Å². The number of imide groups is 1. The highest BCUT2D eigenvalue weighted by molar-refractivity contribution is 6.27. The first-order valence-electron chi connectivity index (χ1n) is 8.68. The Labute approximate surface area is 160 Å². The van der Waals surface area contributed by atoms with Gasteiger partial charge in [0, 0.05) is 5.56 Å². The number of nitrogens with zero attached hydrogens (tertiary/aromatic N) is 2.